The summed E-state index contributed by atoms with van der Waals surface area (Å²) in [6.45, 7) is 0.325. The van der Waals surface area contributed by atoms with Crippen molar-refractivity contribution in [3.8, 4) is 6.07 Å². The highest BCUT2D eigenvalue weighted by atomic mass is 32.2. The average Bonchev–Trinajstić information content (AvgIpc) is 2.50. The fourth-order valence-electron chi connectivity index (χ4n) is 2.00. The molecule has 0 unspecified atom stereocenters. The molecular weight excluding hydrogens is 298 g/mol. The number of nitriles is 1. The van der Waals surface area contributed by atoms with Crippen LogP contribution in [0.3, 0.4) is 0 Å². The molecule has 0 saturated carbocycles. The average molecular weight is 315 g/mol. The predicted octanol–water partition coefficient (Wildman–Crippen LogP) is 1.81. The molecule has 1 aromatic heterocycles. The van der Waals surface area contributed by atoms with E-state index in [1.807, 2.05) is 18.2 Å². The maximum atomic E-state index is 12.0. The molecule has 2 rings (SSSR count). The van der Waals surface area contributed by atoms with E-state index in [2.05, 4.69) is 15.8 Å². The van der Waals surface area contributed by atoms with E-state index >= 15 is 0 Å². The first-order chi connectivity index (χ1) is 10.6. The fraction of sp³-hybridized carbons (Fsp3) is 0.250. The van der Waals surface area contributed by atoms with Crippen molar-refractivity contribution < 1.29 is 8.42 Å². The molecule has 0 aliphatic rings. The van der Waals surface area contributed by atoms with E-state index in [-0.39, 0.29) is 5.75 Å². The Morgan fingerprint density at radius 1 is 1.09 bits per heavy atom. The number of pyridine rings is 1. The van der Waals surface area contributed by atoms with Gasteiger partial charge in [-0.2, -0.15) is 5.26 Å². The normalized spacial score (nSPS) is 11.0. The van der Waals surface area contributed by atoms with Crippen LogP contribution >= 0.6 is 0 Å². The Morgan fingerprint density at radius 3 is 2.45 bits per heavy atom. The number of nitrogens with zero attached hydrogens (tertiary/aromatic N) is 2. The zero-order chi connectivity index (χ0) is 15.8. The Morgan fingerprint density at radius 2 is 1.82 bits per heavy atom. The van der Waals surface area contributed by atoms with Gasteiger partial charge in [-0.15, -0.1) is 0 Å². The molecule has 0 amide bonds. The number of hydrogen-bond acceptors (Lipinski definition) is 4. The van der Waals surface area contributed by atoms with Gasteiger partial charge in [-0.3, -0.25) is 4.98 Å². The maximum Gasteiger partial charge on any atom is 0.215 e. The first kappa shape index (κ1) is 16.1. The van der Waals surface area contributed by atoms with E-state index in [9.17, 15) is 8.42 Å². The van der Waals surface area contributed by atoms with E-state index < -0.39 is 10.0 Å². The van der Waals surface area contributed by atoms with Crippen LogP contribution in [0.2, 0.25) is 0 Å². The van der Waals surface area contributed by atoms with Crippen molar-refractivity contribution in [2.24, 2.45) is 0 Å². The highest BCUT2D eigenvalue weighted by molar-refractivity contribution is 7.88. The minimum atomic E-state index is -3.37. The molecule has 5 nitrogen and oxygen atoms in total. The summed E-state index contributed by atoms with van der Waals surface area (Å²) in [6, 6.07) is 14.7. The molecule has 0 radical (unpaired) electrons. The summed E-state index contributed by atoms with van der Waals surface area (Å²) < 4.78 is 26.6. The minimum Gasteiger partial charge on any atom is -0.261 e. The molecule has 0 bridgehead atoms. The predicted molar refractivity (Wildman–Crippen MR) is 84.3 cm³/mol. The first-order valence-corrected chi connectivity index (χ1v) is 8.56. The second kappa shape index (κ2) is 7.69. The van der Waals surface area contributed by atoms with E-state index in [1.165, 1.54) is 0 Å². The van der Waals surface area contributed by atoms with Gasteiger partial charge in [0.2, 0.25) is 10.0 Å². The highest BCUT2D eigenvalue weighted by Crippen LogP contribution is 2.08. The van der Waals surface area contributed by atoms with Crippen molar-refractivity contribution in [2.75, 3.05) is 6.54 Å². The van der Waals surface area contributed by atoms with Crippen molar-refractivity contribution in [3.05, 3.63) is 65.5 Å². The summed E-state index contributed by atoms with van der Waals surface area (Å²) in [4.78, 5) is 4.15. The Bertz CT molecular complexity index is 735. The van der Waals surface area contributed by atoms with E-state index in [0.29, 0.717) is 24.9 Å². The Balaban J connectivity index is 1.86. The van der Waals surface area contributed by atoms with Crippen molar-refractivity contribution in [3.63, 3.8) is 0 Å². The van der Waals surface area contributed by atoms with E-state index in [0.717, 1.165) is 11.3 Å². The third-order valence-corrected chi connectivity index (χ3v) is 4.45. The summed E-state index contributed by atoms with van der Waals surface area (Å²) in [7, 11) is -3.37. The van der Waals surface area contributed by atoms with E-state index in [1.54, 1.807) is 30.5 Å². The Hall–Kier alpha value is -2.23. The van der Waals surface area contributed by atoms with E-state index in [4.69, 9.17) is 5.26 Å². The van der Waals surface area contributed by atoms with Gasteiger partial charge in [0.15, 0.2) is 0 Å². The van der Waals surface area contributed by atoms with Gasteiger partial charge in [0.05, 0.1) is 18.2 Å². The highest BCUT2D eigenvalue weighted by Gasteiger charge is 2.11. The van der Waals surface area contributed by atoms with Gasteiger partial charge >= 0.3 is 0 Å². The summed E-state index contributed by atoms with van der Waals surface area (Å²) in [5.74, 6) is -0.0674. The second-order valence-electron chi connectivity index (χ2n) is 4.88. The van der Waals surface area contributed by atoms with Gasteiger partial charge in [0.25, 0.3) is 0 Å². The molecule has 0 fully saturated rings. The Kier molecular flexibility index (Phi) is 5.64. The van der Waals surface area contributed by atoms with Crippen LogP contribution in [0, 0.1) is 11.3 Å². The van der Waals surface area contributed by atoms with Crippen LogP contribution in [-0.4, -0.2) is 19.9 Å². The summed E-state index contributed by atoms with van der Waals surface area (Å²) in [6.07, 6.45) is 2.57. The molecule has 6 heteroatoms. The number of sulfonamides is 1. The maximum absolute atomic E-state index is 12.0. The van der Waals surface area contributed by atoms with Crippen molar-refractivity contribution in [1.29, 1.82) is 5.26 Å². The van der Waals surface area contributed by atoms with Gasteiger partial charge in [-0.25, -0.2) is 13.1 Å². The Labute approximate surface area is 130 Å². The van der Waals surface area contributed by atoms with Crippen molar-refractivity contribution in [2.45, 2.75) is 18.6 Å². The molecule has 22 heavy (non-hydrogen) atoms. The number of hydrogen-bond donors (Lipinski definition) is 1. The summed E-state index contributed by atoms with van der Waals surface area (Å²) in [5, 5.41) is 8.61. The topological polar surface area (TPSA) is 82.8 Å². The lowest BCUT2D eigenvalue weighted by Gasteiger charge is -2.07. The molecule has 1 N–H and O–H groups in total. The number of nitrogens with one attached hydrogen (secondary N) is 1. The van der Waals surface area contributed by atoms with Crippen molar-refractivity contribution in [1.82, 2.24) is 9.71 Å². The standard InChI is InChI=1S/C16H17N3O2S/c17-10-8-14-4-6-15(7-5-14)13-22(20,21)19-12-9-16-3-1-2-11-18-16/h1-7,11,19H,8-9,12-13H2. The number of aromatic nitrogens is 1. The molecule has 0 atom stereocenters. The quantitative estimate of drug-likeness (QED) is 0.844. The second-order valence-corrected chi connectivity index (χ2v) is 6.68. The minimum absolute atomic E-state index is 0.0674. The molecule has 2 aromatic rings. The smallest absolute Gasteiger partial charge is 0.215 e. The van der Waals surface area contributed by atoms with Crippen LogP contribution in [-0.2, 0) is 28.6 Å². The van der Waals surface area contributed by atoms with Crippen molar-refractivity contribution >= 4 is 10.0 Å². The largest absolute Gasteiger partial charge is 0.261 e. The van der Waals surface area contributed by atoms with Gasteiger partial charge in [0.1, 0.15) is 0 Å². The van der Waals surface area contributed by atoms with Gasteiger partial charge in [-0.1, -0.05) is 30.3 Å². The molecule has 0 aliphatic heterocycles. The van der Waals surface area contributed by atoms with Gasteiger partial charge in [0, 0.05) is 24.9 Å². The third-order valence-electron chi connectivity index (χ3n) is 3.09. The third kappa shape index (κ3) is 5.28. The molecular formula is C16H17N3O2S. The lowest BCUT2D eigenvalue weighted by Crippen LogP contribution is -2.27. The lowest BCUT2D eigenvalue weighted by atomic mass is 10.1. The van der Waals surface area contributed by atoms with Gasteiger partial charge < -0.3 is 0 Å². The van der Waals surface area contributed by atoms with Crippen LogP contribution in [0.4, 0.5) is 0 Å². The number of benzene rings is 1. The molecule has 0 spiro atoms. The molecule has 0 aliphatic carbocycles. The monoisotopic (exact) mass is 315 g/mol. The van der Waals surface area contributed by atoms with Crippen LogP contribution in [0.1, 0.15) is 16.8 Å². The number of rotatable bonds is 7. The summed E-state index contributed by atoms with van der Waals surface area (Å²) in [5.41, 5.74) is 2.44. The molecule has 114 valence electrons. The summed E-state index contributed by atoms with van der Waals surface area (Å²) >= 11 is 0. The molecule has 1 aromatic carbocycles. The first-order valence-electron chi connectivity index (χ1n) is 6.91. The SMILES string of the molecule is N#CCc1ccc(CS(=O)(=O)NCCc2ccccn2)cc1. The zero-order valence-corrected chi connectivity index (χ0v) is 12.9. The van der Waals surface area contributed by atoms with Crippen LogP contribution in [0.15, 0.2) is 48.7 Å². The molecule has 0 saturated heterocycles. The molecule has 1 heterocycles. The fourth-order valence-corrected chi connectivity index (χ4v) is 3.14. The van der Waals surface area contributed by atoms with Gasteiger partial charge in [-0.05, 0) is 23.3 Å². The lowest BCUT2D eigenvalue weighted by molar-refractivity contribution is 0.580. The van der Waals surface area contributed by atoms with Crippen LogP contribution in [0.5, 0.6) is 0 Å². The van der Waals surface area contributed by atoms with Crippen LogP contribution in [0.25, 0.3) is 0 Å². The van der Waals surface area contributed by atoms with Crippen LogP contribution < -0.4 is 4.72 Å². The zero-order valence-electron chi connectivity index (χ0n) is 12.1.